The molecule has 0 bridgehead atoms. The minimum atomic E-state index is -0.382. The van der Waals surface area contributed by atoms with Crippen LogP contribution in [0.5, 0.6) is 5.75 Å². The summed E-state index contributed by atoms with van der Waals surface area (Å²) < 4.78 is 5.53. The first-order valence-electron chi connectivity index (χ1n) is 9.41. The Morgan fingerprint density at radius 3 is 2.48 bits per heavy atom. The summed E-state index contributed by atoms with van der Waals surface area (Å²) in [5.41, 5.74) is 3.56. The van der Waals surface area contributed by atoms with Gasteiger partial charge in [0.15, 0.2) is 11.7 Å². The van der Waals surface area contributed by atoms with Crippen LogP contribution in [0.15, 0.2) is 66.7 Å². The van der Waals surface area contributed by atoms with Crippen molar-refractivity contribution in [3.05, 3.63) is 77.3 Å². The number of anilines is 1. The molecule has 4 aromatic rings. The highest BCUT2D eigenvalue weighted by molar-refractivity contribution is 7.80. The normalized spacial score (nSPS) is 10.6. The third-order valence-electron chi connectivity index (χ3n) is 4.41. The SMILES string of the molecule is Cc1ccccc1OCC(=O)NC(=S)Nc1cc2nn(-c3ccccc3)nc2cc1Cl. The van der Waals surface area contributed by atoms with E-state index in [0.717, 1.165) is 11.3 Å². The lowest BCUT2D eigenvalue weighted by Gasteiger charge is -2.12. The Kier molecular flexibility index (Phi) is 6.11. The molecule has 3 aromatic carbocycles. The lowest BCUT2D eigenvalue weighted by atomic mass is 10.2. The van der Waals surface area contributed by atoms with E-state index in [9.17, 15) is 4.79 Å². The predicted octanol–water partition coefficient (Wildman–Crippen LogP) is 4.27. The molecule has 1 amide bonds. The molecule has 2 N–H and O–H groups in total. The number of amides is 1. The van der Waals surface area contributed by atoms with Crippen LogP contribution in [0, 0.1) is 6.92 Å². The Labute approximate surface area is 189 Å². The maximum atomic E-state index is 12.2. The third-order valence-corrected chi connectivity index (χ3v) is 4.93. The Balaban J connectivity index is 1.41. The number of nitrogens with one attached hydrogen (secondary N) is 2. The maximum absolute atomic E-state index is 12.2. The van der Waals surface area contributed by atoms with Gasteiger partial charge in [-0.2, -0.15) is 4.80 Å². The molecule has 1 heterocycles. The van der Waals surface area contributed by atoms with Gasteiger partial charge in [0.1, 0.15) is 16.8 Å². The van der Waals surface area contributed by atoms with E-state index in [1.165, 1.54) is 4.80 Å². The monoisotopic (exact) mass is 451 g/mol. The second-order valence-electron chi connectivity index (χ2n) is 6.70. The van der Waals surface area contributed by atoms with Crippen molar-refractivity contribution in [3.63, 3.8) is 0 Å². The number of nitrogens with zero attached hydrogens (tertiary/aromatic N) is 3. The van der Waals surface area contributed by atoms with Crippen LogP contribution in [0.1, 0.15) is 5.56 Å². The van der Waals surface area contributed by atoms with Crippen LogP contribution in [0.2, 0.25) is 5.02 Å². The van der Waals surface area contributed by atoms with E-state index in [1.807, 2.05) is 55.5 Å². The van der Waals surface area contributed by atoms with E-state index in [1.54, 1.807) is 18.2 Å². The molecule has 0 atom stereocenters. The lowest BCUT2D eigenvalue weighted by Crippen LogP contribution is -2.37. The molecule has 0 saturated heterocycles. The van der Waals surface area contributed by atoms with Crippen LogP contribution in [0.3, 0.4) is 0 Å². The zero-order valence-electron chi connectivity index (χ0n) is 16.5. The molecule has 0 aliphatic rings. The molecule has 0 saturated carbocycles. The fourth-order valence-electron chi connectivity index (χ4n) is 2.89. The molecule has 0 fully saturated rings. The molecule has 0 aliphatic carbocycles. The predicted molar refractivity (Wildman–Crippen MR) is 125 cm³/mol. The molecule has 156 valence electrons. The highest BCUT2D eigenvalue weighted by Gasteiger charge is 2.12. The van der Waals surface area contributed by atoms with Crippen LogP contribution < -0.4 is 15.4 Å². The summed E-state index contributed by atoms with van der Waals surface area (Å²) in [6, 6.07) is 20.4. The van der Waals surface area contributed by atoms with Gasteiger partial charge in [0, 0.05) is 0 Å². The summed E-state index contributed by atoms with van der Waals surface area (Å²) in [4.78, 5) is 13.7. The van der Waals surface area contributed by atoms with Gasteiger partial charge in [-0.15, -0.1) is 10.2 Å². The van der Waals surface area contributed by atoms with Crippen molar-refractivity contribution in [2.45, 2.75) is 6.92 Å². The first-order chi connectivity index (χ1) is 15.0. The topological polar surface area (TPSA) is 81.1 Å². The number of rotatable bonds is 5. The van der Waals surface area contributed by atoms with Gasteiger partial charge < -0.3 is 10.1 Å². The second kappa shape index (κ2) is 9.11. The number of benzene rings is 3. The number of carbonyl (C=O) groups is 1. The van der Waals surface area contributed by atoms with Gasteiger partial charge in [-0.3, -0.25) is 10.1 Å². The van der Waals surface area contributed by atoms with Gasteiger partial charge in [0.05, 0.1) is 16.4 Å². The van der Waals surface area contributed by atoms with Crippen molar-refractivity contribution in [3.8, 4) is 11.4 Å². The summed E-state index contributed by atoms with van der Waals surface area (Å²) in [5, 5.41) is 14.9. The highest BCUT2D eigenvalue weighted by atomic mass is 35.5. The molecule has 0 spiro atoms. The highest BCUT2D eigenvalue weighted by Crippen LogP contribution is 2.27. The molecule has 7 nitrogen and oxygen atoms in total. The summed E-state index contributed by atoms with van der Waals surface area (Å²) in [6.07, 6.45) is 0. The molecule has 31 heavy (non-hydrogen) atoms. The Morgan fingerprint density at radius 1 is 1.06 bits per heavy atom. The summed E-state index contributed by atoms with van der Waals surface area (Å²) in [5.74, 6) is 0.263. The number of ether oxygens (including phenoxy) is 1. The number of fused-ring (bicyclic) bond motifs is 1. The average Bonchev–Trinajstić information content (AvgIpc) is 3.16. The molecule has 9 heteroatoms. The Hall–Kier alpha value is -3.49. The molecule has 0 radical (unpaired) electrons. The quantitative estimate of drug-likeness (QED) is 0.441. The zero-order valence-corrected chi connectivity index (χ0v) is 18.1. The van der Waals surface area contributed by atoms with E-state index in [0.29, 0.717) is 27.5 Å². The van der Waals surface area contributed by atoms with Crippen molar-refractivity contribution >= 4 is 51.6 Å². The standard InChI is InChI=1S/C22H18ClN5O2S/c1-14-7-5-6-10-20(14)30-13-21(29)25-22(31)24-17-12-19-18(11-16(17)23)26-28(27-19)15-8-3-2-4-9-15/h2-12H,13H2,1H3,(H2,24,25,29,31). The molecular formula is C22H18ClN5O2S. The molecule has 0 aliphatic heterocycles. The van der Waals surface area contributed by atoms with Crippen molar-refractivity contribution in [1.29, 1.82) is 0 Å². The number of hydrogen-bond donors (Lipinski definition) is 2. The van der Waals surface area contributed by atoms with Crippen molar-refractivity contribution in [1.82, 2.24) is 20.3 Å². The van der Waals surface area contributed by atoms with Gasteiger partial charge in [-0.25, -0.2) is 0 Å². The first-order valence-corrected chi connectivity index (χ1v) is 10.2. The number of carbonyl (C=O) groups excluding carboxylic acids is 1. The minimum Gasteiger partial charge on any atom is -0.483 e. The minimum absolute atomic E-state index is 0.107. The molecule has 1 aromatic heterocycles. The second-order valence-corrected chi connectivity index (χ2v) is 7.52. The van der Waals surface area contributed by atoms with Gasteiger partial charge in [-0.05, 0) is 55.0 Å². The van der Waals surface area contributed by atoms with E-state index in [4.69, 9.17) is 28.6 Å². The third kappa shape index (κ3) is 4.99. The number of aryl methyl sites for hydroxylation is 1. The summed E-state index contributed by atoms with van der Waals surface area (Å²) in [6.45, 7) is 1.75. The van der Waals surface area contributed by atoms with Crippen LogP contribution in [-0.2, 0) is 4.79 Å². The fourth-order valence-corrected chi connectivity index (χ4v) is 3.32. The van der Waals surface area contributed by atoms with Crippen molar-refractivity contribution < 1.29 is 9.53 Å². The average molecular weight is 452 g/mol. The van der Waals surface area contributed by atoms with Gasteiger partial charge in [0.25, 0.3) is 5.91 Å². The number of aromatic nitrogens is 3. The van der Waals surface area contributed by atoms with Gasteiger partial charge >= 0.3 is 0 Å². The zero-order chi connectivity index (χ0) is 21.8. The summed E-state index contributed by atoms with van der Waals surface area (Å²) >= 11 is 11.6. The molecular weight excluding hydrogens is 434 g/mol. The molecule has 0 unspecified atom stereocenters. The number of para-hydroxylation sites is 2. The van der Waals surface area contributed by atoms with E-state index < -0.39 is 0 Å². The van der Waals surface area contributed by atoms with Crippen molar-refractivity contribution in [2.75, 3.05) is 11.9 Å². The number of hydrogen-bond acceptors (Lipinski definition) is 5. The largest absolute Gasteiger partial charge is 0.483 e. The van der Waals surface area contributed by atoms with Crippen molar-refractivity contribution in [2.24, 2.45) is 0 Å². The molecule has 4 rings (SSSR count). The van der Waals surface area contributed by atoms with Crippen LogP contribution >= 0.6 is 23.8 Å². The van der Waals surface area contributed by atoms with E-state index in [-0.39, 0.29) is 17.6 Å². The van der Waals surface area contributed by atoms with Crippen LogP contribution in [-0.4, -0.2) is 32.6 Å². The smallest absolute Gasteiger partial charge is 0.264 e. The lowest BCUT2D eigenvalue weighted by molar-refractivity contribution is -0.121. The van der Waals surface area contributed by atoms with Crippen LogP contribution in [0.25, 0.3) is 16.7 Å². The first kappa shape index (κ1) is 20.8. The van der Waals surface area contributed by atoms with E-state index >= 15 is 0 Å². The Morgan fingerprint density at radius 2 is 1.74 bits per heavy atom. The Bertz CT molecular complexity index is 1260. The van der Waals surface area contributed by atoms with E-state index in [2.05, 4.69) is 20.8 Å². The number of halogens is 1. The summed E-state index contributed by atoms with van der Waals surface area (Å²) in [7, 11) is 0. The van der Waals surface area contributed by atoms with Gasteiger partial charge in [-0.1, -0.05) is 48.0 Å². The maximum Gasteiger partial charge on any atom is 0.264 e. The number of thiocarbonyl (C=S) groups is 1. The fraction of sp³-hybridized carbons (Fsp3) is 0.0909. The van der Waals surface area contributed by atoms with Crippen LogP contribution in [0.4, 0.5) is 5.69 Å². The van der Waals surface area contributed by atoms with Gasteiger partial charge in [0.2, 0.25) is 0 Å².